The monoisotopic (exact) mass is 401 g/mol. The lowest BCUT2D eigenvalue weighted by Gasteiger charge is -2.32. The van der Waals surface area contributed by atoms with Crippen molar-refractivity contribution in [2.24, 2.45) is 4.99 Å². The van der Waals surface area contributed by atoms with Crippen LogP contribution >= 0.6 is 11.3 Å². The van der Waals surface area contributed by atoms with E-state index >= 15 is 0 Å². The fraction of sp³-hybridized carbons (Fsp3) is 0.765. The maximum absolute atomic E-state index is 12.2. The number of aromatic nitrogens is 1. The third kappa shape index (κ3) is 5.92. The largest absolute Gasteiger partial charge is 0.357 e. The molecule has 0 saturated carbocycles. The number of thiazole rings is 1. The summed E-state index contributed by atoms with van der Waals surface area (Å²) in [5, 5.41) is 7.80. The Morgan fingerprint density at radius 2 is 2.00 bits per heavy atom. The van der Waals surface area contributed by atoms with Gasteiger partial charge in [-0.3, -0.25) is 0 Å². The van der Waals surface area contributed by atoms with Crippen molar-refractivity contribution in [2.45, 2.75) is 59.5 Å². The number of rotatable bonds is 7. The van der Waals surface area contributed by atoms with Crippen molar-refractivity contribution < 1.29 is 8.42 Å². The Labute approximate surface area is 161 Å². The first-order valence-electron chi connectivity index (χ1n) is 9.31. The summed E-state index contributed by atoms with van der Waals surface area (Å²) in [6.07, 6.45) is 2.26. The van der Waals surface area contributed by atoms with Crippen LogP contribution in [0.25, 0.3) is 0 Å². The van der Waals surface area contributed by atoms with E-state index in [1.165, 1.54) is 4.88 Å². The number of aryl methyl sites for hydroxylation is 2. The molecule has 9 heteroatoms. The molecule has 1 aliphatic heterocycles. The quantitative estimate of drug-likeness (QED) is 0.539. The van der Waals surface area contributed by atoms with Gasteiger partial charge in [0.2, 0.25) is 10.0 Å². The lowest BCUT2D eigenvalue weighted by Crippen LogP contribution is -2.50. The van der Waals surface area contributed by atoms with E-state index < -0.39 is 10.0 Å². The van der Waals surface area contributed by atoms with Crippen molar-refractivity contribution in [3.05, 3.63) is 15.6 Å². The molecule has 0 radical (unpaired) electrons. The van der Waals surface area contributed by atoms with Crippen LogP contribution in [0.5, 0.6) is 0 Å². The number of hydrogen-bond acceptors (Lipinski definition) is 5. The first kappa shape index (κ1) is 21.1. The minimum absolute atomic E-state index is 0.239. The summed E-state index contributed by atoms with van der Waals surface area (Å²) in [7, 11) is -3.09. The average molecular weight is 402 g/mol. The van der Waals surface area contributed by atoms with Crippen molar-refractivity contribution in [1.29, 1.82) is 0 Å². The molecule has 2 N–H and O–H groups in total. The summed E-state index contributed by atoms with van der Waals surface area (Å²) < 4.78 is 26.0. The summed E-state index contributed by atoms with van der Waals surface area (Å²) in [5.41, 5.74) is 1.04. The van der Waals surface area contributed by atoms with Gasteiger partial charge < -0.3 is 10.6 Å². The van der Waals surface area contributed by atoms with E-state index in [1.54, 1.807) is 15.6 Å². The van der Waals surface area contributed by atoms with Crippen LogP contribution in [0.4, 0.5) is 0 Å². The lowest BCUT2D eigenvalue weighted by molar-refractivity contribution is 0.306. The second-order valence-electron chi connectivity index (χ2n) is 6.57. The number of nitrogens with one attached hydrogen (secondary N) is 2. The molecular formula is C17H31N5O2S2. The lowest BCUT2D eigenvalue weighted by atomic mass is 10.1. The van der Waals surface area contributed by atoms with Gasteiger partial charge in [0.05, 0.1) is 23.0 Å². The van der Waals surface area contributed by atoms with Crippen LogP contribution < -0.4 is 10.6 Å². The Kier molecular flexibility index (Phi) is 7.85. The molecule has 1 aromatic heterocycles. The number of piperidine rings is 1. The number of nitrogens with zero attached hydrogens (tertiary/aromatic N) is 3. The molecule has 2 heterocycles. The van der Waals surface area contributed by atoms with E-state index in [1.807, 2.05) is 27.7 Å². The van der Waals surface area contributed by atoms with Crippen LogP contribution in [0.2, 0.25) is 0 Å². The zero-order valence-corrected chi connectivity index (χ0v) is 17.8. The van der Waals surface area contributed by atoms with Crippen molar-refractivity contribution in [3.63, 3.8) is 0 Å². The van der Waals surface area contributed by atoms with Crippen LogP contribution in [0, 0.1) is 13.8 Å². The van der Waals surface area contributed by atoms with Gasteiger partial charge in [0, 0.05) is 30.6 Å². The maximum Gasteiger partial charge on any atom is 0.214 e. The SMILES string of the molecule is CCCS(=O)(=O)N1CCC(NC(=NCc2sc(C)nc2C)NCC)CC1. The average Bonchev–Trinajstić information content (AvgIpc) is 2.91. The molecule has 1 aromatic rings. The summed E-state index contributed by atoms with van der Waals surface area (Å²) in [6.45, 7) is 10.5. The van der Waals surface area contributed by atoms with Crippen LogP contribution in [-0.2, 0) is 16.6 Å². The topological polar surface area (TPSA) is 86.7 Å². The molecule has 148 valence electrons. The zero-order valence-electron chi connectivity index (χ0n) is 16.2. The molecule has 0 unspecified atom stereocenters. The summed E-state index contributed by atoms with van der Waals surface area (Å²) >= 11 is 1.68. The molecule has 7 nitrogen and oxygen atoms in total. The standard InChI is InChI=1S/C17H31N5O2S2/c1-5-11-26(23,24)22-9-7-15(8-10-22)21-17(18-6-2)19-12-16-13(3)20-14(4)25-16/h15H,5-12H2,1-4H3,(H2,18,19,21). The van der Waals surface area contributed by atoms with Gasteiger partial charge >= 0.3 is 0 Å². The van der Waals surface area contributed by atoms with E-state index in [-0.39, 0.29) is 11.8 Å². The Balaban J connectivity index is 1.92. The minimum atomic E-state index is -3.09. The highest BCUT2D eigenvalue weighted by atomic mass is 32.2. The predicted octanol–water partition coefficient (Wildman–Crippen LogP) is 2.02. The van der Waals surface area contributed by atoms with Gasteiger partial charge in [0.25, 0.3) is 0 Å². The highest BCUT2D eigenvalue weighted by Gasteiger charge is 2.27. The van der Waals surface area contributed by atoms with Crippen molar-refractivity contribution in [1.82, 2.24) is 19.9 Å². The van der Waals surface area contributed by atoms with Gasteiger partial charge in [-0.15, -0.1) is 11.3 Å². The van der Waals surface area contributed by atoms with Crippen LogP contribution in [0.15, 0.2) is 4.99 Å². The summed E-state index contributed by atoms with van der Waals surface area (Å²) in [5.74, 6) is 1.02. The molecule has 1 saturated heterocycles. The highest BCUT2D eigenvalue weighted by Crippen LogP contribution is 2.18. The van der Waals surface area contributed by atoms with Gasteiger partial charge in [-0.25, -0.2) is 22.7 Å². The van der Waals surface area contributed by atoms with E-state index in [2.05, 4.69) is 20.6 Å². The van der Waals surface area contributed by atoms with Gasteiger partial charge in [-0.2, -0.15) is 0 Å². The Morgan fingerprint density at radius 1 is 1.31 bits per heavy atom. The van der Waals surface area contributed by atoms with Crippen LogP contribution in [0.1, 0.15) is 48.7 Å². The minimum Gasteiger partial charge on any atom is -0.357 e. The second kappa shape index (κ2) is 9.66. The molecule has 26 heavy (non-hydrogen) atoms. The number of guanidine groups is 1. The molecule has 1 fully saturated rings. The van der Waals surface area contributed by atoms with E-state index in [9.17, 15) is 8.42 Å². The van der Waals surface area contributed by atoms with E-state index in [0.717, 1.165) is 36.0 Å². The third-order valence-corrected chi connectivity index (χ3v) is 7.51. The Bertz CT molecular complexity index is 707. The summed E-state index contributed by atoms with van der Waals surface area (Å²) in [6, 6.07) is 0.241. The van der Waals surface area contributed by atoms with Crippen molar-refractivity contribution in [2.75, 3.05) is 25.4 Å². The molecule has 0 bridgehead atoms. The third-order valence-electron chi connectivity index (χ3n) is 4.37. The normalized spacial score (nSPS) is 17.5. The Morgan fingerprint density at radius 3 is 2.54 bits per heavy atom. The molecule has 0 amide bonds. The predicted molar refractivity (Wildman–Crippen MR) is 108 cm³/mol. The first-order chi connectivity index (χ1) is 12.4. The molecule has 0 atom stereocenters. The van der Waals surface area contributed by atoms with Gasteiger partial charge in [-0.05, 0) is 40.0 Å². The Hall–Kier alpha value is -1.19. The molecule has 1 aliphatic rings. The molecule has 0 spiro atoms. The number of aliphatic imine (C=N–C) groups is 1. The molecular weight excluding hydrogens is 370 g/mol. The first-order valence-corrected chi connectivity index (χ1v) is 11.7. The van der Waals surface area contributed by atoms with E-state index in [4.69, 9.17) is 0 Å². The fourth-order valence-corrected chi connectivity index (χ4v) is 5.45. The molecule has 0 aromatic carbocycles. The molecule has 2 rings (SSSR count). The van der Waals surface area contributed by atoms with Crippen molar-refractivity contribution in [3.8, 4) is 0 Å². The fourth-order valence-electron chi connectivity index (χ4n) is 3.05. The van der Waals surface area contributed by atoms with Gasteiger partial charge in [0.1, 0.15) is 0 Å². The molecule has 0 aliphatic carbocycles. The van der Waals surface area contributed by atoms with E-state index in [0.29, 0.717) is 26.1 Å². The number of hydrogen-bond donors (Lipinski definition) is 2. The van der Waals surface area contributed by atoms with Gasteiger partial charge in [-0.1, -0.05) is 6.92 Å². The summed E-state index contributed by atoms with van der Waals surface area (Å²) in [4.78, 5) is 10.3. The van der Waals surface area contributed by atoms with Gasteiger partial charge in [0.15, 0.2) is 5.96 Å². The number of sulfonamides is 1. The zero-order chi connectivity index (χ0) is 19.2. The smallest absolute Gasteiger partial charge is 0.214 e. The van der Waals surface area contributed by atoms with Crippen LogP contribution in [0.3, 0.4) is 0 Å². The van der Waals surface area contributed by atoms with Crippen molar-refractivity contribution >= 4 is 27.3 Å². The highest BCUT2D eigenvalue weighted by molar-refractivity contribution is 7.89. The maximum atomic E-state index is 12.2. The second-order valence-corrected chi connectivity index (χ2v) is 9.95. The van der Waals surface area contributed by atoms with Crippen LogP contribution in [-0.4, -0.2) is 55.1 Å².